The molecule has 2 aromatic rings. The molecule has 1 aliphatic heterocycles. The zero-order valence-corrected chi connectivity index (χ0v) is 12.4. The lowest BCUT2D eigenvalue weighted by molar-refractivity contribution is -0.385. The van der Waals surface area contributed by atoms with Gasteiger partial charge in [-0.25, -0.2) is 0 Å². The van der Waals surface area contributed by atoms with E-state index in [0.29, 0.717) is 22.6 Å². The Morgan fingerprint density at radius 3 is 2.83 bits per heavy atom. The number of nitrogens with zero attached hydrogens (tertiary/aromatic N) is 1. The molecule has 0 atom stereocenters. The van der Waals surface area contributed by atoms with Crippen LogP contribution in [0.5, 0.6) is 5.75 Å². The van der Waals surface area contributed by atoms with Gasteiger partial charge in [-0.1, -0.05) is 12.1 Å². The molecule has 1 aliphatic rings. The maximum absolute atomic E-state index is 12.3. The minimum Gasteiger partial charge on any atom is -0.482 e. The Kier molecular flexibility index (Phi) is 4.07. The van der Waals surface area contributed by atoms with Crippen LogP contribution in [0.2, 0.25) is 0 Å². The minimum atomic E-state index is -0.504. The molecule has 0 unspecified atom stereocenters. The van der Waals surface area contributed by atoms with Crippen LogP contribution in [-0.2, 0) is 4.79 Å². The normalized spacial score (nSPS) is 13.1. The molecule has 24 heavy (non-hydrogen) atoms. The third kappa shape index (κ3) is 3.14. The van der Waals surface area contributed by atoms with E-state index < -0.39 is 4.92 Å². The fraction of sp³-hybridized carbons (Fsp3) is 0.0588. The Morgan fingerprint density at radius 2 is 2.04 bits per heavy atom. The maximum Gasteiger partial charge on any atom is 0.276 e. The van der Waals surface area contributed by atoms with Crippen molar-refractivity contribution in [3.63, 3.8) is 0 Å². The zero-order valence-electron chi connectivity index (χ0n) is 12.4. The van der Waals surface area contributed by atoms with Crippen molar-refractivity contribution >= 4 is 29.1 Å². The molecule has 1 amide bonds. The van der Waals surface area contributed by atoms with Crippen molar-refractivity contribution < 1.29 is 19.2 Å². The van der Waals surface area contributed by atoms with E-state index in [4.69, 9.17) is 4.74 Å². The molecule has 0 saturated heterocycles. The van der Waals surface area contributed by atoms with E-state index in [1.807, 2.05) is 0 Å². The van der Waals surface area contributed by atoms with E-state index in [-0.39, 0.29) is 24.0 Å². The first kappa shape index (κ1) is 15.4. The lowest BCUT2D eigenvalue weighted by Gasteiger charge is -2.17. The molecule has 0 radical (unpaired) electrons. The second kappa shape index (κ2) is 6.33. The molecule has 0 aliphatic carbocycles. The molecule has 0 fully saturated rings. The summed E-state index contributed by atoms with van der Waals surface area (Å²) >= 11 is 0. The predicted molar refractivity (Wildman–Crippen MR) is 87.0 cm³/mol. The van der Waals surface area contributed by atoms with E-state index in [9.17, 15) is 19.7 Å². The van der Waals surface area contributed by atoms with Gasteiger partial charge >= 0.3 is 0 Å². The van der Waals surface area contributed by atoms with Crippen LogP contribution in [0.1, 0.15) is 15.9 Å². The van der Waals surface area contributed by atoms with Crippen LogP contribution >= 0.6 is 0 Å². The highest BCUT2D eigenvalue weighted by atomic mass is 16.6. The molecule has 0 spiro atoms. The number of hydrogen-bond donors (Lipinski definition) is 1. The number of carbonyl (C=O) groups excluding carboxylic acids is 2. The van der Waals surface area contributed by atoms with Crippen LogP contribution in [0.15, 0.2) is 48.5 Å². The van der Waals surface area contributed by atoms with Crippen molar-refractivity contribution in [2.45, 2.75) is 0 Å². The molecule has 1 heterocycles. The van der Waals surface area contributed by atoms with E-state index in [1.165, 1.54) is 24.3 Å². The molecule has 2 aromatic carbocycles. The Balaban J connectivity index is 1.84. The van der Waals surface area contributed by atoms with Crippen LogP contribution < -0.4 is 10.1 Å². The number of anilines is 1. The number of fused-ring (bicyclic) bond motifs is 1. The number of para-hydroxylation sites is 1. The van der Waals surface area contributed by atoms with Gasteiger partial charge in [0.15, 0.2) is 12.4 Å². The highest BCUT2D eigenvalue weighted by molar-refractivity contribution is 6.08. The summed E-state index contributed by atoms with van der Waals surface area (Å²) in [6.07, 6.45) is 2.66. The van der Waals surface area contributed by atoms with Gasteiger partial charge in [0.05, 0.1) is 16.2 Å². The monoisotopic (exact) mass is 324 g/mol. The van der Waals surface area contributed by atoms with E-state index in [0.717, 1.165) is 0 Å². The Hall–Kier alpha value is -3.48. The van der Waals surface area contributed by atoms with Gasteiger partial charge in [0, 0.05) is 11.6 Å². The average molecular weight is 324 g/mol. The molecule has 7 heteroatoms. The Labute approximate surface area is 136 Å². The summed E-state index contributed by atoms with van der Waals surface area (Å²) in [5.74, 6) is -0.132. The van der Waals surface area contributed by atoms with Crippen LogP contribution in [-0.4, -0.2) is 23.2 Å². The largest absolute Gasteiger partial charge is 0.482 e. The SMILES string of the molecule is O=C1COc2ccc(C(=O)/C=C/c3ccccc3[N+](=O)[O-])cc2N1. The molecule has 3 rings (SSSR count). The molecule has 0 bridgehead atoms. The third-order valence-electron chi connectivity index (χ3n) is 3.44. The number of nitro benzene ring substituents is 1. The highest BCUT2D eigenvalue weighted by Crippen LogP contribution is 2.29. The Bertz CT molecular complexity index is 873. The summed E-state index contributed by atoms with van der Waals surface area (Å²) in [6.45, 7) is -0.0577. The number of hydrogen-bond acceptors (Lipinski definition) is 5. The van der Waals surface area contributed by atoms with Gasteiger partial charge < -0.3 is 10.1 Å². The van der Waals surface area contributed by atoms with Gasteiger partial charge in [-0.05, 0) is 36.4 Å². The van der Waals surface area contributed by atoms with Gasteiger partial charge in [-0.3, -0.25) is 19.7 Å². The van der Waals surface area contributed by atoms with Gasteiger partial charge in [0.2, 0.25) is 0 Å². The maximum atomic E-state index is 12.3. The molecule has 0 saturated carbocycles. The summed E-state index contributed by atoms with van der Waals surface area (Å²) in [6, 6.07) is 10.8. The zero-order chi connectivity index (χ0) is 17.1. The molecule has 1 N–H and O–H groups in total. The van der Waals surface area contributed by atoms with Gasteiger partial charge in [0.25, 0.3) is 11.6 Å². The number of ether oxygens (including phenoxy) is 1. The van der Waals surface area contributed by atoms with E-state index in [1.54, 1.807) is 30.3 Å². The molecule has 7 nitrogen and oxygen atoms in total. The number of ketones is 1. The predicted octanol–water partition coefficient (Wildman–Crippen LogP) is 2.82. The molecular formula is C17H12N2O5. The fourth-order valence-electron chi connectivity index (χ4n) is 2.29. The quantitative estimate of drug-likeness (QED) is 0.403. The summed E-state index contributed by atoms with van der Waals surface area (Å²) in [7, 11) is 0. The fourth-order valence-corrected chi connectivity index (χ4v) is 2.29. The highest BCUT2D eigenvalue weighted by Gasteiger charge is 2.17. The number of amides is 1. The lowest BCUT2D eigenvalue weighted by Crippen LogP contribution is -2.25. The van der Waals surface area contributed by atoms with Crippen molar-refractivity contribution in [1.29, 1.82) is 0 Å². The number of benzene rings is 2. The van der Waals surface area contributed by atoms with Crippen LogP contribution in [0.25, 0.3) is 6.08 Å². The van der Waals surface area contributed by atoms with Crippen molar-refractivity contribution in [2.24, 2.45) is 0 Å². The number of nitro groups is 1. The summed E-state index contributed by atoms with van der Waals surface area (Å²) < 4.78 is 5.23. The Morgan fingerprint density at radius 1 is 1.25 bits per heavy atom. The van der Waals surface area contributed by atoms with E-state index in [2.05, 4.69) is 5.32 Å². The first-order valence-electron chi connectivity index (χ1n) is 7.07. The van der Waals surface area contributed by atoms with Gasteiger partial charge in [-0.2, -0.15) is 0 Å². The first-order chi connectivity index (χ1) is 11.5. The van der Waals surface area contributed by atoms with Crippen molar-refractivity contribution in [3.8, 4) is 5.75 Å². The average Bonchev–Trinajstić information content (AvgIpc) is 2.59. The van der Waals surface area contributed by atoms with Crippen LogP contribution in [0.4, 0.5) is 11.4 Å². The summed E-state index contributed by atoms with van der Waals surface area (Å²) in [5, 5.41) is 13.6. The first-order valence-corrected chi connectivity index (χ1v) is 7.07. The molecular weight excluding hydrogens is 312 g/mol. The smallest absolute Gasteiger partial charge is 0.276 e. The summed E-state index contributed by atoms with van der Waals surface area (Å²) in [4.78, 5) is 34.0. The van der Waals surface area contributed by atoms with Crippen molar-refractivity contribution in [2.75, 3.05) is 11.9 Å². The van der Waals surface area contributed by atoms with E-state index >= 15 is 0 Å². The van der Waals surface area contributed by atoms with Crippen LogP contribution in [0.3, 0.4) is 0 Å². The second-order valence-corrected chi connectivity index (χ2v) is 5.06. The van der Waals surface area contributed by atoms with Gasteiger partial charge in [0.1, 0.15) is 5.75 Å². The van der Waals surface area contributed by atoms with Crippen molar-refractivity contribution in [1.82, 2.24) is 0 Å². The standard InChI is InChI=1S/C17H12N2O5/c20-15(7-5-11-3-1-2-4-14(11)19(22)23)12-6-8-16-13(9-12)18-17(21)10-24-16/h1-9H,10H2,(H,18,21)/b7-5+. The van der Waals surface area contributed by atoms with Crippen LogP contribution in [0, 0.1) is 10.1 Å². The summed E-state index contributed by atoms with van der Waals surface area (Å²) in [5.41, 5.74) is 1.03. The van der Waals surface area contributed by atoms with Crippen molar-refractivity contribution in [3.05, 3.63) is 69.8 Å². The number of carbonyl (C=O) groups is 2. The number of allylic oxidation sites excluding steroid dienone is 1. The molecule has 0 aromatic heterocycles. The topological polar surface area (TPSA) is 98.5 Å². The number of nitrogens with one attached hydrogen (secondary N) is 1. The molecule has 120 valence electrons. The van der Waals surface area contributed by atoms with Gasteiger partial charge in [-0.15, -0.1) is 0 Å². The second-order valence-electron chi connectivity index (χ2n) is 5.06. The third-order valence-corrected chi connectivity index (χ3v) is 3.44. The minimum absolute atomic E-state index is 0.0577. The lowest BCUT2D eigenvalue weighted by atomic mass is 10.1. The number of rotatable bonds is 4.